The van der Waals surface area contributed by atoms with E-state index in [1.165, 1.54) is 6.92 Å². The second kappa shape index (κ2) is 4.89. The summed E-state index contributed by atoms with van der Waals surface area (Å²) < 4.78 is 5.26. The molecule has 1 aliphatic heterocycles. The topological polar surface area (TPSA) is 99.0 Å². The van der Waals surface area contributed by atoms with Gasteiger partial charge in [0.2, 0.25) is 5.91 Å². The van der Waals surface area contributed by atoms with E-state index in [0.717, 1.165) is 0 Å². The number of aliphatic hydroxyl groups is 3. The van der Waals surface area contributed by atoms with Gasteiger partial charge in [0.25, 0.3) is 0 Å². The summed E-state index contributed by atoms with van der Waals surface area (Å²) in [6.45, 7) is 2.62. The second-order valence-electron chi connectivity index (χ2n) is 3.77. The maximum absolute atomic E-state index is 10.9. The highest BCUT2D eigenvalue weighted by molar-refractivity contribution is 5.73. The van der Waals surface area contributed by atoms with Gasteiger partial charge in [0.05, 0.1) is 18.8 Å². The lowest BCUT2D eigenvalue weighted by Crippen LogP contribution is -2.63. The maximum Gasteiger partial charge on any atom is 0.217 e. The number of nitrogens with one attached hydrogen (secondary N) is 1. The molecule has 0 bridgehead atoms. The number of carbonyl (C=O) groups is 1. The molecule has 6 nitrogen and oxygen atoms in total. The largest absolute Gasteiger partial charge is 0.394 e. The Balaban J connectivity index is 2.70. The van der Waals surface area contributed by atoms with Crippen LogP contribution in [0, 0.1) is 0 Å². The van der Waals surface area contributed by atoms with E-state index in [-0.39, 0.29) is 12.5 Å². The molecule has 0 spiro atoms. The zero-order chi connectivity index (χ0) is 11.6. The van der Waals surface area contributed by atoms with Crippen molar-refractivity contribution >= 4 is 5.91 Å². The zero-order valence-electron chi connectivity index (χ0n) is 8.75. The second-order valence-corrected chi connectivity index (χ2v) is 3.77. The van der Waals surface area contributed by atoms with Gasteiger partial charge in [-0.15, -0.1) is 0 Å². The van der Waals surface area contributed by atoms with Crippen molar-refractivity contribution in [3.05, 3.63) is 0 Å². The highest BCUT2D eigenvalue weighted by Gasteiger charge is 2.42. The Morgan fingerprint density at radius 2 is 2.00 bits per heavy atom. The smallest absolute Gasteiger partial charge is 0.217 e. The van der Waals surface area contributed by atoms with Crippen molar-refractivity contribution in [3.8, 4) is 0 Å². The van der Waals surface area contributed by atoms with E-state index in [4.69, 9.17) is 9.84 Å². The van der Waals surface area contributed by atoms with Crippen LogP contribution in [0.4, 0.5) is 0 Å². The Labute approximate surface area is 87.9 Å². The van der Waals surface area contributed by atoms with Gasteiger partial charge in [-0.25, -0.2) is 0 Å². The van der Waals surface area contributed by atoms with E-state index in [0.29, 0.717) is 0 Å². The van der Waals surface area contributed by atoms with Crippen molar-refractivity contribution in [2.75, 3.05) is 6.61 Å². The van der Waals surface area contributed by atoms with Crippen LogP contribution < -0.4 is 5.32 Å². The molecule has 1 aliphatic rings. The Hall–Kier alpha value is -0.690. The van der Waals surface area contributed by atoms with Crippen LogP contribution in [0.25, 0.3) is 0 Å². The van der Waals surface area contributed by atoms with Crippen molar-refractivity contribution in [1.82, 2.24) is 5.32 Å². The fourth-order valence-corrected chi connectivity index (χ4v) is 1.74. The molecule has 88 valence electrons. The predicted molar refractivity (Wildman–Crippen MR) is 51.0 cm³/mol. The number of hydrogen-bond acceptors (Lipinski definition) is 5. The summed E-state index contributed by atoms with van der Waals surface area (Å²) in [6, 6.07) is -0.653. The third kappa shape index (κ3) is 2.66. The van der Waals surface area contributed by atoms with Gasteiger partial charge in [0, 0.05) is 6.92 Å². The summed E-state index contributed by atoms with van der Waals surface area (Å²) in [7, 11) is 0. The summed E-state index contributed by atoms with van der Waals surface area (Å²) in [4.78, 5) is 10.9. The lowest BCUT2D eigenvalue weighted by molar-refractivity contribution is -0.190. The summed E-state index contributed by atoms with van der Waals surface area (Å²) in [5, 5.41) is 30.6. The summed E-state index contributed by atoms with van der Waals surface area (Å²) >= 11 is 0. The lowest BCUT2D eigenvalue weighted by atomic mass is 9.93. The molecule has 0 radical (unpaired) electrons. The molecule has 1 amide bonds. The lowest BCUT2D eigenvalue weighted by Gasteiger charge is -2.41. The number of rotatable bonds is 2. The highest BCUT2D eigenvalue weighted by atomic mass is 16.5. The van der Waals surface area contributed by atoms with Crippen LogP contribution in [0.1, 0.15) is 13.8 Å². The van der Waals surface area contributed by atoms with Crippen molar-refractivity contribution in [2.45, 2.75) is 44.3 Å². The molecule has 0 saturated carbocycles. The van der Waals surface area contributed by atoms with Crippen molar-refractivity contribution < 1.29 is 24.9 Å². The molecule has 1 fully saturated rings. The molecule has 0 aromatic rings. The van der Waals surface area contributed by atoms with Crippen LogP contribution in [0.15, 0.2) is 0 Å². The Morgan fingerprint density at radius 3 is 2.47 bits per heavy atom. The van der Waals surface area contributed by atoms with Gasteiger partial charge < -0.3 is 25.4 Å². The van der Waals surface area contributed by atoms with Crippen LogP contribution in [0.3, 0.4) is 0 Å². The average Bonchev–Trinajstić information content (AvgIpc) is 2.18. The standard InChI is InChI=1S/C9H17NO5/c1-4-7(10-5(2)12)9(14)8(13)6(3-11)15-4/h4,6-9,11,13-14H,3H2,1-2H3,(H,10,12)/t4-,6?,7?,8+,9+/m0/s1. The first-order valence-corrected chi connectivity index (χ1v) is 4.87. The minimum atomic E-state index is -1.19. The van der Waals surface area contributed by atoms with Gasteiger partial charge in [0.1, 0.15) is 18.3 Å². The number of carbonyl (C=O) groups excluding carboxylic acids is 1. The molecule has 0 aliphatic carbocycles. The van der Waals surface area contributed by atoms with E-state index >= 15 is 0 Å². The molecule has 1 rings (SSSR count). The van der Waals surface area contributed by atoms with Crippen LogP contribution in [-0.4, -0.2) is 58.3 Å². The van der Waals surface area contributed by atoms with Crippen molar-refractivity contribution in [2.24, 2.45) is 0 Å². The van der Waals surface area contributed by atoms with E-state index in [1.807, 2.05) is 0 Å². The summed E-state index contributed by atoms with van der Waals surface area (Å²) in [6.07, 6.45) is -3.58. The molecule has 0 aromatic heterocycles. The predicted octanol–water partition coefficient (Wildman–Crippen LogP) is -2.01. The van der Waals surface area contributed by atoms with E-state index < -0.39 is 30.5 Å². The minimum absolute atomic E-state index is 0.302. The molecule has 1 saturated heterocycles. The molecular weight excluding hydrogens is 202 g/mol. The van der Waals surface area contributed by atoms with Crippen molar-refractivity contribution in [3.63, 3.8) is 0 Å². The van der Waals surface area contributed by atoms with Crippen LogP contribution >= 0.6 is 0 Å². The fraction of sp³-hybridized carbons (Fsp3) is 0.889. The third-order valence-corrected chi connectivity index (χ3v) is 2.54. The Morgan fingerprint density at radius 1 is 1.40 bits per heavy atom. The van der Waals surface area contributed by atoms with Crippen LogP contribution in [0.2, 0.25) is 0 Å². The molecule has 4 N–H and O–H groups in total. The Bertz CT molecular complexity index is 235. The molecule has 0 aromatic carbocycles. The maximum atomic E-state index is 10.9. The van der Waals surface area contributed by atoms with E-state index in [9.17, 15) is 15.0 Å². The third-order valence-electron chi connectivity index (χ3n) is 2.54. The molecule has 5 atom stereocenters. The zero-order valence-corrected chi connectivity index (χ0v) is 8.75. The molecule has 2 unspecified atom stereocenters. The van der Waals surface area contributed by atoms with Gasteiger partial charge in [-0.2, -0.15) is 0 Å². The molecule has 15 heavy (non-hydrogen) atoms. The first-order valence-electron chi connectivity index (χ1n) is 4.87. The monoisotopic (exact) mass is 219 g/mol. The molecule has 1 heterocycles. The number of aliphatic hydroxyl groups excluding tert-OH is 3. The Kier molecular flexibility index (Phi) is 4.04. The SMILES string of the molecule is CC(=O)NC1[C@H](C)OC(CO)[C@@H](O)[C@@H]1O. The van der Waals surface area contributed by atoms with Crippen LogP contribution in [0.5, 0.6) is 0 Å². The first kappa shape index (κ1) is 12.4. The highest BCUT2D eigenvalue weighted by Crippen LogP contribution is 2.20. The summed E-state index contributed by atoms with van der Waals surface area (Å²) in [5.74, 6) is -0.302. The average molecular weight is 219 g/mol. The van der Waals surface area contributed by atoms with Crippen molar-refractivity contribution in [1.29, 1.82) is 0 Å². The number of hydrogen-bond donors (Lipinski definition) is 4. The summed E-state index contributed by atoms with van der Waals surface area (Å²) in [5.41, 5.74) is 0. The first-order chi connectivity index (χ1) is 6.97. The van der Waals surface area contributed by atoms with Gasteiger partial charge >= 0.3 is 0 Å². The van der Waals surface area contributed by atoms with Gasteiger partial charge in [-0.05, 0) is 6.92 Å². The molecule has 6 heteroatoms. The normalized spacial score (nSPS) is 41.3. The van der Waals surface area contributed by atoms with E-state index in [2.05, 4.69) is 5.32 Å². The van der Waals surface area contributed by atoms with Gasteiger partial charge in [-0.3, -0.25) is 4.79 Å². The quantitative estimate of drug-likeness (QED) is 0.430. The fourth-order valence-electron chi connectivity index (χ4n) is 1.74. The van der Waals surface area contributed by atoms with Gasteiger partial charge in [-0.1, -0.05) is 0 Å². The number of amides is 1. The van der Waals surface area contributed by atoms with E-state index in [1.54, 1.807) is 6.92 Å². The van der Waals surface area contributed by atoms with Gasteiger partial charge in [0.15, 0.2) is 0 Å². The number of ether oxygens (including phenoxy) is 1. The molecular formula is C9H17NO5. The van der Waals surface area contributed by atoms with Crippen LogP contribution in [-0.2, 0) is 9.53 Å². The minimum Gasteiger partial charge on any atom is -0.394 e.